The molecule has 0 unspecified atom stereocenters. The van der Waals surface area contributed by atoms with E-state index in [0.717, 1.165) is 5.56 Å². The minimum Gasteiger partial charge on any atom is -0.493 e. The van der Waals surface area contributed by atoms with Gasteiger partial charge in [-0.2, -0.15) is 4.99 Å². The van der Waals surface area contributed by atoms with Crippen LogP contribution in [0.25, 0.3) is 0 Å². The molecule has 8 heteroatoms. The second kappa shape index (κ2) is 9.89. The zero-order chi connectivity index (χ0) is 21.5. The molecule has 0 aliphatic heterocycles. The van der Waals surface area contributed by atoms with E-state index in [4.69, 9.17) is 9.47 Å². The third-order valence-electron chi connectivity index (χ3n) is 4.43. The number of nitrogens with zero attached hydrogens (tertiary/aromatic N) is 2. The molecule has 3 aromatic rings. The maximum Gasteiger partial charge on any atom is 0.279 e. The number of ether oxygens (including phenoxy) is 2. The molecule has 0 atom stereocenters. The first-order chi connectivity index (χ1) is 14.6. The zero-order valence-electron chi connectivity index (χ0n) is 17.0. The van der Waals surface area contributed by atoms with Crippen LogP contribution in [0, 0.1) is 0 Å². The Morgan fingerprint density at radius 3 is 2.60 bits per heavy atom. The average Bonchev–Trinajstić information content (AvgIpc) is 3.20. The van der Waals surface area contributed by atoms with Gasteiger partial charge in [-0.1, -0.05) is 18.2 Å². The predicted molar refractivity (Wildman–Crippen MR) is 115 cm³/mol. The van der Waals surface area contributed by atoms with E-state index in [0.29, 0.717) is 40.5 Å². The first-order valence-electron chi connectivity index (χ1n) is 9.38. The maximum absolute atomic E-state index is 12.7. The molecule has 0 aliphatic carbocycles. The predicted octanol–water partition coefficient (Wildman–Crippen LogP) is 3.11. The van der Waals surface area contributed by atoms with Gasteiger partial charge in [0.05, 0.1) is 20.8 Å². The van der Waals surface area contributed by atoms with Crippen molar-refractivity contribution in [2.75, 3.05) is 20.8 Å². The zero-order valence-corrected chi connectivity index (χ0v) is 17.9. The number of methoxy groups -OCH3 is 2. The lowest BCUT2D eigenvalue weighted by Crippen LogP contribution is -2.25. The van der Waals surface area contributed by atoms with Crippen molar-refractivity contribution in [3.63, 3.8) is 0 Å². The summed E-state index contributed by atoms with van der Waals surface area (Å²) in [6.07, 6.45) is 1.85. The highest BCUT2D eigenvalue weighted by Gasteiger charge is 2.13. The van der Waals surface area contributed by atoms with Crippen LogP contribution in [0.3, 0.4) is 0 Å². The number of nitrogens with one attached hydrogen (secondary N) is 1. The van der Waals surface area contributed by atoms with Crippen molar-refractivity contribution >= 4 is 23.2 Å². The molecule has 30 heavy (non-hydrogen) atoms. The molecule has 156 valence electrons. The van der Waals surface area contributed by atoms with Crippen LogP contribution in [0.5, 0.6) is 11.5 Å². The first kappa shape index (κ1) is 21.3. The number of rotatable bonds is 7. The van der Waals surface area contributed by atoms with Gasteiger partial charge in [0.2, 0.25) is 0 Å². The van der Waals surface area contributed by atoms with E-state index >= 15 is 0 Å². The molecule has 3 rings (SSSR count). The number of hydrogen-bond acceptors (Lipinski definition) is 5. The summed E-state index contributed by atoms with van der Waals surface area (Å²) < 4.78 is 12.3. The molecule has 0 saturated heterocycles. The Morgan fingerprint density at radius 1 is 1.10 bits per heavy atom. The molecule has 1 aromatic heterocycles. The number of carbonyl (C=O) groups is 2. The van der Waals surface area contributed by atoms with Crippen molar-refractivity contribution in [2.24, 2.45) is 4.99 Å². The van der Waals surface area contributed by atoms with Gasteiger partial charge in [0.15, 0.2) is 16.3 Å². The van der Waals surface area contributed by atoms with Gasteiger partial charge >= 0.3 is 0 Å². The number of carbonyl (C=O) groups excluding carboxylic acids is 2. The van der Waals surface area contributed by atoms with Crippen LogP contribution in [0.4, 0.5) is 0 Å². The van der Waals surface area contributed by atoms with E-state index in [9.17, 15) is 9.59 Å². The summed E-state index contributed by atoms with van der Waals surface area (Å²) in [4.78, 5) is 29.9. The molecule has 2 amide bonds. The maximum atomic E-state index is 12.7. The van der Waals surface area contributed by atoms with Gasteiger partial charge in [0, 0.05) is 29.2 Å². The van der Waals surface area contributed by atoms with Crippen LogP contribution in [-0.4, -0.2) is 37.1 Å². The van der Waals surface area contributed by atoms with Gasteiger partial charge in [-0.25, -0.2) is 0 Å². The number of thiazole rings is 1. The topological polar surface area (TPSA) is 81.9 Å². The normalized spacial score (nSPS) is 11.2. The summed E-state index contributed by atoms with van der Waals surface area (Å²) in [7, 11) is 3.06. The van der Waals surface area contributed by atoms with E-state index in [1.807, 2.05) is 41.3 Å². The monoisotopic (exact) mass is 425 g/mol. The van der Waals surface area contributed by atoms with Crippen LogP contribution >= 0.6 is 11.3 Å². The summed E-state index contributed by atoms with van der Waals surface area (Å²) in [5.41, 5.74) is 1.85. The molecule has 0 bridgehead atoms. The van der Waals surface area contributed by atoms with Gasteiger partial charge in [-0.15, -0.1) is 11.3 Å². The van der Waals surface area contributed by atoms with E-state index < -0.39 is 0 Å². The highest BCUT2D eigenvalue weighted by Crippen LogP contribution is 2.27. The molecule has 0 radical (unpaired) electrons. The molecule has 1 heterocycles. The van der Waals surface area contributed by atoms with E-state index in [-0.39, 0.29) is 11.8 Å². The van der Waals surface area contributed by atoms with Crippen molar-refractivity contribution in [2.45, 2.75) is 13.5 Å². The van der Waals surface area contributed by atoms with Crippen molar-refractivity contribution in [1.29, 1.82) is 0 Å². The largest absolute Gasteiger partial charge is 0.493 e. The second-order valence-corrected chi connectivity index (χ2v) is 7.19. The average molecular weight is 426 g/mol. The fraction of sp³-hybridized carbons (Fsp3) is 0.227. The lowest BCUT2D eigenvalue weighted by atomic mass is 10.1. The molecule has 2 aromatic carbocycles. The summed E-state index contributed by atoms with van der Waals surface area (Å²) in [6, 6.07) is 12.3. The highest BCUT2D eigenvalue weighted by molar-refractivity contribution is 7.07. The lowest BCUT2D eigenvalue weighted by Gasteiger charge is -2.10. The number of amides is 2. The Morgan fingerprint density at radius 2 is 1.87 bits per heavy atom. The Balaban J connectivity index is 1.90. The van der Waals surface area contributed by atoms with Crippen LogP contribution in [0.2, 0.25) is 0 Å². The minimum atomic E-state index is -0.385. The quantitative estimate of drug-likeness (QED) is 0.631. The smallest absolute Gasteiger partial charge is 0.279 e. The Labute approximate surface area is 178 Å². The van der Waals surface area contributed by atoms with Gasteiger partial charge < -0.3 is 19.4 Å². The molecule has 0 aliphatic rings. The van der Waals surface area contributed by atoms with Crippen molar-refractivity contribution in [3.8, 4) is 11.5 Å². The third kappa shape index (κ3) is 4.77. The third-order valence-corrected chi connectivity index (χ3v) is 5.22. The van der Waals surface area contributed by atoms with Crippen molar-refractivity contribution < 1.29 is 19.1 Å². The molecule has 1 N–H and O–H groups in total. The fourth-order valence-corrected chi connectivity index (χ4v) is 3.67. The van der Waals surface area contributed by atoms with Crippen molar-refractivity contribution in [1.82, 2.24) is 9.88 Å². The Kier molecular flexibility index (Phi) is 7.03. The SMILES string of the molecule is CCNC(=O)c1ccccc1Cn1ccsc1=NC(=O)c1ccc(OC)c(OC)c1. The Hall–Kier alpha value is -3.39. The van der Waals surface area contributed by atoms with Gasteiger partial charge in [0.25, 0.3) is 11.8 Å². The summed E-state index contributed by atoms with van der Waals surface area (Å²) in [5.74, 6) is 0.503. The van der Waals surface area contributed by atoms with Crippen LogP contribution in [-0.2, 0) is 6.54 Å². The second-order valence-electron chi connectivity index (χ2n) is 6.32. The molecule has 0 saturated carbocycles. The Bertz CT molecular complexity index is 1120. The standard InChI is InChI=1S/C22H23N3O4S/c1-4-23-21(27)17-8-6-5-7-16(17)14-25-11-12-30-22(25)24-20(26)15-9-10-18(28-2)19(13-15)29-3/h5-13H,4,14H2,1-3H3,(H,23,27). The summed E-state index contributed by atoms with van der Waals surface area (Å²) in [6.45, 7) is 2.86. The van der Waals surface area contributed by atoms with Crippen LogP contribution in [0.15, 0.2) is 59.0 Å². The minimum absolute atomic E-state index is 0.121. The molecule has 7 nitrogen and oxygen atoms in total. The van der Waals surface area contributed by atoms with Crippen LogP contribution < -0.4 is 19.6 Å². The highest BCUT2D eigenvalue weighted by atomic mass is 32.1. The van der Waals surface area contributed by atoms with E-state index in [1.54, 1.807) is 24.3 Å². The number of benzene rings is 2. The van der Waals surface area contributed by atoms with E-state index in [2.05, 4.69) is 10.3 Å². The molecular formula is C22H23N3O4S. The molecular weight excluding hydrogens is 402 g/mol. The summed E-state index contributed by atoms with van der Waals surface area (Å²) in [5, 5.41) is 4.68. The first-order valence-corrected chi connectivity index (χ1v) is 10.3. The van der Waals surface area contributed by atoms with Crippen LogP contribution in [0.1, 0.15) is 33.2 Å². The van der Waals surface area contributed by atoms with E-state index in [1.165, 1.54) is 25.6 Å². The summed E-state index contributed by atoms with van der Waals surface area (Å²) >= 11 is 1.35. The van der Waals surface area contributed by atoms with Gasteiger partial charge in [-0.3, -0.25) is 9.59 Å². The number of aromatic nitrogens is 1. The van der Waals surface area contributed by atoms with Gasteiger partial charge in [-0.05, 0) is 36.8 Å². The lowest BCUT2D eigenvalue weighted by molar-refractivity contribution is 0.0953. The molecule has 0 fully saturated rings. The number of hydrogen-bond donors (Lipinski definition) is 1. The van der Waals surface area contributed by atoms with Crippen molar-refractivity contribution in [3.05, 3.63) is 75.5 Å². The fourth-order valence-electron chi connectivity index (χ4n) is 2.95. The molecule has 0 spiro atoms. The van der Waals surface area contributed by atoms with Gasteiger partial charge in [0.1, 0.15) is 0 Å².